The number of carbonyl (C=O) groups is 1. The molecule has 0 aliphatic heterocycles. The van der Waals surface area contributed by atoms with Crippen LogP contribution in [0.15, 0.2) is 66.7 Å². The molecule has 0 bridgehead atoms. The molecule has 0 spiro atoms. The number of benzene rings is 2. The van der Waals surface area contributed by atoms with Gasteiger partial charge in [-0.25, -0.2) is 0 Å². The maximum absolute atomic E-state index is 13.5. The van der Waals surface area contributed by atoms with E-state index in [-0.39, 0.29) is 5.91 Å². The summed E-state index contributed by atoms with van der Waals surface area (Å²) in [7, 11) is 0. The fourth-order valence-corrected chi connectivity index (χ4v) is 3.76. The van der Waals surface area contributed by atoms with E-state index in [2.05, 4.69) is 61.7 Å². The van der Waals surface area contributed by atoms with Crippen LogP contribution in [0.4, 0.5) is 0 Å². The lowest BCUT2D eigenvalue weighted by atomic mass is 9.71. The molecule has 0 saturated carbocycles. The first-order valence-corrected chi connectivity index (χ1v) is 9.54. The van der Waals surface area contributed by atoms with Gasteiger partial charge in [0.2, 0.25) is 5.91 Å². The topological polar surface area (TPSA) is 29.1 Å². The van der Waals surface area contributed by atoms with Crippen LogP contribution < -0.4 is 5.32 Å². The molecule has 2 heteroatoms. The van der Waals surface area contributed by atoms with E-state index in [1.807, 2.05) is 30.3 Å². The van der Waals surface area contributed by atoms with Gasteiger partial charge in [0, 0.05) is 6.54 Å². The number of carbonyl (C=O) groups excluding carboxylic acids is 1. The van der Waals surface area contributed by atoms with Gasteiger partial charge in [-0.3, -0.25) is 4.79 Å². The quantitative estimate of drug-likeness (QED) is 0.672. The highest BCUT2D eigenvalue weighted by molar-refractivity contribution is 6.10. The summed E-state index contributed by atoms with van der Waals surface area (Å²) >= 11 is 0. The van der Waals surface area contributed by atoms with E-state index < -0.39 is 5.41 Å². The average molecular weight is 345 g/mol. The number of hydrogen-bond acceptors (Lipinski definition) is 1. The Balaban J connectivity index is 2.17. The maximum Gasteiger partial charge on any atom is 0.235 e. The highest BCUT2D eigenvalue weighted by atomic mass is 16.2. The van der Waals surface area contributed by atoms with E-state index in [0.717, 1.165) is 35.1 Å². The lowest BCUT2D eigenvalue weighted by Gasteiger charge is -2.32. The van der Waals surface area contributed by atoms with Crippen LogP contribution in [0.3, 0.4) is 0 Å². The fourth-order valence-electron chi connectivity index (χ4n) is 3.76. The van der Waals surface area contributed by atoms with Gasteiger partial charge in [0.15, 0.2) is 0 Å². The zero-order valence-electron chi connectivity index (χ0n) is 15.7. The van der Waals surface area contributed by atoms with Crippen molar-refractivity contribution in [3.8, 4) is 0 Å². The summed E-state index contributed by atoms with van der Waals surface area (Å²) in [4.78, 5) is 13.5. The van der Waals surface area contributed by atoms with Crippen LogP contribution >= 0.6 is 0 Å². The number of allylic oxidation sites excluding steroid dienone is 2. The van der Waals surface area contributed by atoms with E-state index in [1.54, 1.807) is 0 Å². The first-order chi connectivity index (χ1) is 12.7. The molecule has 1 unspecified atom stereocenters. The maximum atomic E-state index is 13.5. The minimum atomic E-state index is -0.668. The van der Waals surface area contributed by atoms with Crippen molar-refractivity contribution in [1.82, 2.24) is 5.32 Å². The zero-order chi connectivity index (χ0) is 18.4. The smallest absolute Gasteiger partial charge is 0.235 e. The molecule has 2 aromatic carbocycles. The molecule has 0 fully saturated rings. The van der Waals surface area contributed by atoms with Gasteiger partial charge in [-0.15, -0.1) is 0 Å². The van der Waals surface area contributed by atoms with E-state index in [0.29, 0.717) is 13.0 Å². The number of rotatable bonds is 7. The zero-order valence-corrected chi connectivity index (χ0v) is 15.7. The Kier molecular flexibility index (Phi) is 5.72. The van der Waals surface area contributed by atoms with Crippen molar-refractivity contribution in [3.05, 3.63) is 83.4 Å². The second-order valence-corrected chi connectivity index (χ2v) is 6.76. The van der Waals surface area contributed by atoms with Crippen LogP contribution in [0.25, 0.3) is 11.6 Å². The Labute approximate surface area is 156 Å². The van der Waals surface area contributed by atoms with Gasteiger partial charge >= 0.3 is 0 Å². The lowest BCUT2D eigenvalue weighted by Crippen LogP contribution is -2.44. The standard InChI is InChI=1S/C24H27NO/c1-3-5-11-16-24(23(26)25-17-4-2)21-15-10-9-14-20(21)18-22(24)19-12-7-6-8-13-19/h5-15,18H,3-4,16-17H2,1-2H3,(H,25,26)/b11-5+. The first kappa shape index (κ1) is 18.2. The highest BCUT2D eigenvalue weighted by Crippen LogP contribution is 2.49. The number of fused-ring (bicyclic) bond motifs is 1. The van der Waals surface area contributed by atoms with Crippen LogP contribution in [0, 0.1) is 0 Å². The second kappa shape index (κ2) is 8.18. The third-order valence-electron chi connectivity index (χ3n) is 5.01. The van der Waals surface area contributed by atoms with E-state index in [1.165, 1.54) is 0 Å². The number of hydrogen-bond donors (Lipinski definition) is 1. The molecule has 26 heavy (non-hydrogen) atoms. The molecule has 134 valence electrons. The summed E-state index contributed by atoms with van der Waals surface area (Å²) in [6, 6.07) is 18.6. The highest BCUT2D eigenvalue weighted by Gasteiger charge is 2.47. The molecule has 1 atom stereocenters. The third kappa shape index (κ3) is 3.24. The van der Waals surface area contributed by atoms with Crippen LogP contribution in [0.5, 0.6) is 0 Å². The summed E-state index contributed by atoms with van der Waals surface area (Å²) in [5.74, 6) is 0.0974. The molecular weight excluding hydrogens is 318 g/mol. The summed E-state index contributed by atoms with van der Waals surface area (Å²) in [5, 5.41) is 3.17. The van der Waals surface area contributed by atoms with Crippen LogP contribution in [-0.2, 0) is 10.2 Å². The minimum absolute atomic E-state index is 0.0974. The van der Waals surface area contributed by atoms with Crippen molar-refractivity contribution < 1.29 is 4.79 Å². The van der Waals surface area contributed by atoms with E-state index in [4.69, 9.17) is 0 Å². The molecule has 3 rings (SSSR count). The molecule has 1 amide bonds. The summed E-state index contributed by atoms with van der Waals surface area (Å²) in [5.41, 5.74) is 3.78. The second-order valence-electron chi connectivity index (χ2n) is 6.76. The molecule has 2 aromatic rings. The van der Waals surface area contributed by atoms with Gasteiger partial charge in [0.25, 0.3) is 0 Å². The molecule has 1 N–H and O–H groups in total. The fraction of sp³-hybridized carbons (Fsp3) is 0.292. The number of nitrogens with one attached hydrogen (secondary N) is 1. The predicted octanol–water partition coefficient (Wildman–Crippen LogP) is 5.36. The molecule has 0 saturated heterocycles. The Hall–Kier alpha value is -2.61. The third-order valence-corrected chi connectivity index (χ3v) is 5.01. The molecule has 0 radical (unpaired) electrons. The SMILES string of the molecule is CC/C=C/CC1(C(=O)NCCC)C(c2ccccc2)=Cc2ccccc21. The first-order valence-electron chi connectivity index (χ1n) is 9.54. The minimum Gasteiger partial charge on any atom is -0.355 e. The van der Waals surface area contributed by atoms with Gasteiger partial charge in [0.05, 0.1) is 0 Å². The average Bonchev–Trinajstić information content (AvgIpc) is 3.02. The van der Waals surface area contributed by atoms with E-state index >= 15 is 0 Å². The van der Waals surface area contributed by atoms with Crippen molar-refractivity contribution >= 4 is 17.6 Å². The predicted molar refractivity (Wildman–Crippen MR) is 110 cm³/mol. The molecule has 0 heterocycles. The Bertz CT molecular complexity index is 819. The van der Waals surface area contributed by atoms with Crippen molar-refractivity contribution in [1.29, 1.82) is 0 Å². The molecule has 0 aromatic heterocycles. The summed E-state index contributed by atoms with van der Waals surface area (Å²) in [6.45, 7) is 4.90. The Morgan fingerprint density at radius 1 is 1.00 bits per heavy atom. The largest absolute Gasteiger partial charge is 0.355 e. The number of amides is 1. The van der Waals surface area contributed by atoms with Crippen molar-refractivity contribution in [2.75, 3.05) is 6.54 Å². The summed E-state index contributed by atoms with van der Waals surface area (Å²) < 4.78 is 0. The Morgan fingerprint density at radius 2 is 1.73 bits per heavy atom. The normalized spacial score (nSPS) is 18.6. The molecule has 1 aliphatic carbocycles. The lowest BCUT2D eigenvalue weighted by molar-refractivity contribution is -0.124. The Morgan fingerprint density at radius 3 is 2.46 bits per heavy atom. The van der Waals surface area contributed by atoms with Gasteiger partial charge in [-0.1, -0.05) is 80.6 Å². The van der Waals surface area contributed by atoms with Gasteiger partial charge < -0.3 is 5.32 Å². The van der Waals surface area contributed by atoms with Crippen LogP contribution in [0.2, 0.25) is 0 Å². The van der Waals surface area contributed by atoms with Crippen LogP contribution in [0.1, 0.15) is 49.8 Å². The molecule has 2 nitrogen and oxygen atoms in total. The van der Waals surface area contributed by atoms with Gasteiger partial charge in [-0.05, 0) is 47.6 Å². The van der Waals surface area contributed by atoms with Crippen molar-refractivity contribution in [2.24, 2.45) is 0 Å². The van der Waals surface area contributed by atoms with Gasteiger partial charge in [0.1, 0.15) is 5.41 Å². The molecular formula is C24H27NO. The summed E-state index contributed by atoms with van der Waals surface area (Å²) in [6.07, 6.45) is 9.07. The monoisotopic (exact) mass is 345 g/mol. The van der Waals surface area contributed by atoms with E-state index in [9.17, 15) is 4.79 Å². The van der Waals surface area contributed by atoms with Crippen LogP contribution in [-0.4, -0.2) is 12.5 Å². The van der Waals surface area contributed by atoms with Gasteiger partial charge in [-0.2, -0.15) is 0 Å². The van der Waals surface area contributed by atoms with Crippen molar-refractivity contribution in [3.63, 3.8) is 0 Å². The van der Waals surface area contributed by atoms with Crippen molar-refractivity contribution in [2.45, 2.75) is 38.5 Å². The molecule has 1 aliphatic rings.